The van der Waals surface area contributed by atoms with Crippen LogP contribution in [0.15, 0.2) is 24.3 Å². The third kappa shape index (κ3) is 43.9. The van der Waals surface area contributed by atoms with Gasteiger partial charge in [-0.3, -0.25) is 18.6 Å². The van der Waals surface area contributed by atoms with Crippen molar-refractivity contribution in [1.82, 2.24) is 0 Å². The van der Waals surface area contributed by atoms with E-state index < -0.39 is 26.5 Å². The fraction of sp³-hybridized carbons (Fsp3) is 0.872. The number of phosphoric ester groups is 1. The Morgan fingerprint density at radius 2 is 0.912 bits per heavy atom. The van der Waals surface area contributed by atoms with Gasteiger partial charge in [0.2, 0.25) is 0 Å². The fourth-order valence-electron chi connectivity index (χ4n) is 6.78. The Bertz CT molecular complexity index is 990. The first-order chi connectivity index (χ1) is 27.8. The highest BCUT2D eigenvalue weighted by Gasteiger charge is 2.26. The van der Waals surface area contributed by atoms with E-state index in [1.807, 2.05) is 0 Å². The molecular formula is C47H90NO8P. The van der Waals surface area contributed by atoms with E-state index in [9.17, 15) is 19.0 Å². The normalized spacial score (nSPS) is 13.4. The summed E-state index contributed by atoms with van der Waals surface area (Å²) in [6.45, 7) is 3.74. The van der Waals surface area contributed by atoms with Crippen molar-refractivity contribution in [2.75, 3.05) is 26.4 Å². The van der Waals surface area contributed by atoms with Crippen LogP contribution in [0.2, 0.25) is 0 Å². The average Bonchev–Trinajstić information content (AvgIpc) is 3.20. The molecule has 3 N–H and O–H groups in total. The molecule has 9 nitrogen and oxygen atoms in total. The summed E-state index contributed by atoms with van der Waals surface area (Å²) in [4.78, 5) is 35.0. The molecule has 1 unspecified atom stereocenters. The summed E-state index contributed by atoms with van der Waals surface area (Å²) in [5, 5.41) is 0. The van der Waals surface area contributed by atoms with Gasteiger partial charge in [-0.2, -0.15) is 0 Å². The molecule has 0 aliphatic carbocycles. The zero-order valence-electron chi connectivity index (χ0n) is 37.1. The predicted molar refractivity (Wildman–Crippen MR) is 238 cm³/mol. The highest BCUT2D eigenvalue weighted by molar-refractivity contribution is 7.47. The average molecular weight is 828 g/mol. The number of rotatable bonds is 45. The molecule has 0 rings (SSSR count). The number of hydrogen-bond acceptors (Lipinski definition) is 8. The van der Waals surface area contributed by atoms with Crippen molar-refractivity contribution >= 4 is 19.8 Å². The standard InChI is InChI=1S/C47H90NO8P/c1-3-5-7-9-11-13-15-17-19-21-22-24-25-27-29-31-33-35-37-39-46(49)53-43-45(44-55-57(51,52)54-42-41-48)56-47(50)40-38-36-34-32-30-28-26-23-20-18-16-14-12-10-8-6-4-2/h12,14,18,20,45H,3-11,13,15-17,19,21-44,48H2,1-2H3,(H,51,52)/b14-12-,20-18-/t45-/m1/s1. The van der Waals surface area contributed by atoms with E-state index in [1.165, 1.54) is 148 Å². The number of unbranched alkanes of at least 4 members (excludes halogenated alkanes) is 28. The Hall–Kier alpha value is -1.51. The number of nitrogens with two attached hydrogens (primary N) is 1. The number of esters is 2. The monoisotopic (exact) mass is 828 g/mol. The lowest BCUT2D eigenvalue weighted by Crippen LogP contribution is -2.29. The van der Waals surface area contributed by atoms with Crippen molar-refractivity contribution in [2.24, 2.45) is 5.73 Å². The molecule has 2 atom stereocenters. The minimum Gasteiger partial charge on any atom is -0.462 e. The van der Waals surface area contributed by atoms with Crippen molar-refractivity contribution in [3.63, 3.8) is 0 Å². The van der Waals surface area contributed by atoms with Gasteiger partial charge in [-0.05, 0) is 44.9 Å². The fourth-order valence-corrected chi connectivity index (χ4v) is 7.55. The molecule has 57 heavy (non-hydrogen) atoms. The maximum Gasteiger partial charge on any atom is 0.472 e. The van der Waals surface area contributed by atoms with Gasteiger partial charge in [0, 0.05) is 19.4 Å². The van der Waals surface area contributed by atoms with Gasteiger partial charge in [0.05, 0.1) is 13.2 Å². The van der Waals surface area contributed by atoms with Gasteiger partial charge in [-0.15, -0.1) is 0 Å². The molecule has 0 saturated heterocycles. The van der Waals surface area contributed by atoms with Crippen LogP contribution in [-0.2, 0) is 32.7 Å². The summed E-state index contributed by atoms with van der Waals surface area (Å²) in [5.41, 5.74) is 5.36. The Kier molecular flexibility index (Phi) is 42.9. The molecule has 0 bridgehead atoms. The van der Waals surface area contributed by atoms with Crippen molar-refractivity contribution in [1.29, 1.82) is 0 Å². The van der Waals surface area contributed by atoms with Crippen LogP contribution in [0.5, 0.6) is 0 Å². The molecular weight excluding hydrogens is 737 g/mol. The topological polar surface area (TPSA) is 134 Å². The molecule has 0 heterocycles. The summed E-state index contributed by atoms with van der Waals surface area (Å²) < 4.78 is 32.9. The molecule has 0 fully saturated rings. The quantitative estimate of drug-likeness (QED) is 0.0266. The molecule has 0 radical (unpaired) electrons. The SMILES string of the molecule is CCCCC/C=C\C/C=C\CCCCCCCCCC(=O)O[C@H](COC(=O)CCCCCCCCCCCCCCCCCCCCC)COP(=O)(O)OCCN. The van der Waals surface area contributed by atoms with E-state index in [0.717, 1.165) is 51.4 Å². The molecule has 0 aromatic rings. The van der Waals surface area contributed by atoms with Crippen LogP contribution in [0.4, 0.5) is 0 Å². The van der Waals surface area contributed by atoms with E-state index in [0.29, 0.717) is 6.42 Å². The largest absolute Gasteiger partial charge is 0.472 e. The maximum absolute atomic E-state index is 12.6. The van der Waals surface area contributed by atoms with E-state index in [4.69, 9.17) is 24.3 Å². The van der Waals surface area contributed by atoms with E-state index in [-0.39, 0.29) is 38.6 Å². The van der Waals surface area contributed by atoms with Crippen molar-refractivity contribution in [2.45, 2.75) is 238 Å². The van der Waals surface area contributed by atoms with Crippen LogP contribution >= 0.6 is 7.82 Å². The third-order valence-corrected chi connectivity index (χ3v) is 11.3. The zero-order chi connectivity index (χ0) is 41.8. The van der Waals surface area contributed by atoms with Crippen LogP contribution in [0.1, 0.15) is 232 Å². The maximum atomic E-state index is 12.6. The Morgan fingerprint density at radius 1 is 0.526 bits per heavy atom. The molecule has 0 saturated carbocycles. The third-order valence-electron chi connectivity index (χ3n) is 10.3. The van der Waals surface area contributed by atoms with E-state index in [1.54, 1.807) is 0 Å². The van der Waals surface area contributed by atoms with Crippen LogP contribution in [0, 0.1) is 0 Å². The van der Waals surface area contributed by atoms with Gasteiger partial charge in [-0.1, -0.05) is 199 Å². The molecule has 10 heteroatoms. The Morgan fingerprint density at radius 3 is 1.37 bits per heavy atom. The van der Waals surface area contributed by atoms with E-state index >= 15 is 0 Å². The van der Waals surface area contributed by atoms with Crippen molar-refractivity contribution < 1.29 is 37.6 Å². The number of ether oxygens (including phenoxy) is 2. The van der Waals surface area contributed by atoms with Gasteiger partial charge in [0.15, 0.2) is 6.10 Å². The second kappa shape index (κ2) is 44.1. The molecule has 0 aliphatic heterocycles. The lowest BCUT2D eigenvalue weighted by atomic mass is 10.0. The summed E-state index contributed by atoms with van der Waals surface area (Å²) in [7, 11) is -4.38. The first-order valence-electron chi connectivity index (χ1n) is 23.8. The van der Waals surface area contributed by atoms with E-state index in [2.05, 4.69) is 38.2 Å². The molecule has 0 amide bonds. The highest BCUT2D eigenvalue weighted by atomic mass is 31.2. The van der Waals surface area contributed by atoms with Crippen molar-refractivity contribution in [3.05, 3.63) is 24.3 Å². The summed E-state index contributed by atoms with van der Waals surface area (Å²) in [6.07, 6.45) is 47.8. The van der Waals surface area contributed by atoms with Gasteiger partial charge in [-0.25, -0.2) is 4.57 Å². The minimum atomic E-state index is -4.38. The number of carbonyl (C=O) groups is 2. The molecule has 0 aromatic heterocycles. The Labute approximate surface area is 351 Å². The van der Waals surface area contributed by atoms with Gasteiger partial charge in [0.1, 0.15) is 6.61 Å². The lowest BCUT2D eigenvalue weighted by Gasteiger charge is -2.19. The van der Waals surface area contributed by atoms with Crippen LogP contribution in [-0.4, -0.2) is 49.3 Å². The second-order valence-electron chi connectivity index (χ2n) is 16.0. The zero-order valence-corrected chi connectivity index (χ0v) is 38.0. The molecule has 336 valence electrons. The molecule has 0 spiro atoms. The summed E-state index contributed by atoms with van der Waals surface area (Å²) in [6, 6.07) is 0. The van der Waals surface area contributed by atoms with Gasteiger partial charge in [0.25, 0.3) is 0 Å². The first-order valence-corrected chi connectivity index (χ1v) is 25.3. The lowest BCUT2D eigenvalue weighted by molar-refractivity contribution is -0.161. The van der Waals surface area contributed by atoms with Crippen LogP contribution in [0.3, 0.4) is 0 Å². The number of phosphoric acid groups is 1. The summed E-state index contributed by atoms with van der Waals surface area (Å²) >= 11 is 0. The Balaban J connectivity index is 4.07. The number of allylic oxidation sites excluding steroid dienone is 4. The van der Waals surface area contributed by atoms with Gasteiger partial charge < -0.3 is 20.1 Å². The van der Waals surface area contributed by atoms with Gasteiger partial charge >= 0.3 is 19.8 Å². The van der Waals surface area contributed by atoms with Crippen LogP contribution < -0.4 is 5.73 Å². The predicted octanol–water partition coefficient (Wildman–Crippen LogP) is 13.9. The summed E-state index contributed by atoms with van der Waals surface area (Å²) in [5.74, 6) is -0.826. The second-order valence-corrected chi connectivity index (χ2v) is 17.4. The first kappa shape index (κ1) is 55.5. The number of hydrogen-bond donors (Lipinski definition) is 2. The highest BCUT2D eigenvalue weighted by Crippen LogP contribution is 2.43. The number of carbonyl (C=O) groups excluding carboxylic acids is 2. The van der Waals surface area contributed by atoms with Crippen LogP contribution in [0.25, 0.3) is 0 Å². The van der Waals surface area contributed by atoms with Crippen molar-refractivity contribution in [3.8, 4) is 0 Å². The minimum absolute atomic E-state index is 0.0537. The molecule has 0 aliphatic rings. The molecule has 0 aromatic carbocycles. The smallest absolute Gasteiger partial charge is 0.462 e.